The van der Waals surface area contributed by atoms with E-state index in [4.69, 9.17) is 14.2 Å². The van der Waals surface area contributed by atoms with E-state index in [-0.39, 0.29) is 43.9 Å². The Labute approximate surface area is 213 Å². The normalized spacial score (nSPS) is 20.9. The monoisotopic (exact) mass is 514 g/mol. The Balaban J connectivity index is 1.83. The highest BCUT2D eigenvalue weighted by atomic mass is 16.6. The molecule has 1 amide bonds. The van der Waals surface area contributed by atoms with E-state index in [1.54, 1.807) is 6.92 Å². The van der Waals surface area contributed by atoms with Crippen LogP contribution in [0.2, 0.25) is 0 Å². The number of aromatic nitrogens is 1. The van der Waals surface area contributed by atoms with Gasteiger partial charge >= 0.3 is 17.9 Å². The first-order valence-electron chi connectivity index (χ1n) is 11.8. The van der Waals surface area contributed by atoms with Crippen LogP contribution < -0.4 is 10.1 Å². The molecule has 37 heavy (non-hydrogen) atoms. The van der Waals surface area contributed by atoms with Crippen LogP contribution in [0, 0.1) is 17.8 Å². The molecule has 1 unspecified atom stereocenters. The molecule has 0 saturated carbocycles. The second-order valence-corrected chi connectivity index (χ2v) is 8.76. The van der Waals surface area contributed by atoms with Crippen LogP contribution in [0.4, 0.5) is 0 Å². The van der Waals surface area contributed by atoms with E-state index in [9.17, 15) is 29.4 Å². The number of methoxy groups -OCH3 is 1. The molecule has 1 aliphatic heterocycles. The zero-order chi connectivity index (χ0) is 26.9. The van der Waals surface area contributed by atoms with Gasteiger partial charge in [0.2, 0.25) is 0 Å². The van der Waals surface area contributed by atoms with Gasteiger partial charge in [0.1, 0.15) is 12.7 Å². The van der Waals surface area contributed by atoms with Crippen molar-refractivity contribution in [2.24, 2.45) is 17.8 Å². The molecule has 3 rings (SSSR count). The van der Waals surface area contributed by atoms with Crippen molar-refractivity contribution in [2.75, 3.05) is 20.3 Å². The molecular weight excluding hydrogens is 484 g/mol. The third-order valence-electron chi connectivity index (χ3n) is 6.33. The summed E-state index contributed by atoms with van der Waals surface area (Å²) in [4.78, 5) is 53.8. The van der Waals surface area contributed by atoms with Crippen LogP contribution in [-0.4, -0.2) is 65.4 Å². The van der Waals surface area contributed by atoms with Gasteiger partial charge in [0.05, 0.1) is 25.4 Å². The third kappa shape index (κ3) is 7.18. The predicted molar refractivity (Wildman–Crippen MR) is 129 cm³/mol. The van der Waals surface area contributed by atoms with E-state index in [2.05, 4.69) is 10.3 Å². The van der Waals surface area contributed by atoms with Gasteiger partial charge in [-0.2, -0.15) is 0 Å². The van der Waals surface area contributed by atoms with Crippen LogP contribution in [0.1, 0.15) is 35.8 Å². The van der Waals surface area contributed by atoms with E-state index in [1.807, 2.05) is 30.3 Å². The van der Waals surface area contributed by atoms with Gasteiger partial charge in [0.25, 0.3) is 5.91 Å². The van der Waals surface area contributed by atoms with E-state index < -0.39 is 53.4 Å². The van der Waals surface area contributed by atoms with E-state index in [0.717, 1.165) is 5.56 Å². The summed E-state index contributed by atoms with van der Waals surface area (Å²) in [6.07, 6.45) is 0.556. The Morgan fingerprint density at radius 2 is 1.95 bits per heavy atom. The van der Waals surface area contributed by atoms with Crippen molar-refractivity contribution < 1.29 is 43.6 Å². The van der Waals surface area contributed by atoms with Crippen LogP contribution >= 0.6 is 0 Å². The molecule has 11 nitrogen and oxygen atoms in total. The van der Waals surface area contributed by atoms with Gasteiger partial charge in [-0.25, -0.2) is 4.98 Å². The molecule has 1 aliphatic rings. The fourth-order valence-electron chi connectivity index (χ4n) is 4.32. The Bertz CT molecular complexity index is 1120. The SMILES string of the molecule is COc1ccnc(C(=O)NCC(C[C@H]2[C@H](C)OC(=O)CCOC(=O)[C@@H]2Cc2ccccc2)C(=O)O)c1O. The minimum absolute atomic E-state index is 0.0402. The molecule has 0 aliphatic carbocycles. The molecule has 0 spiro atoms. The summed E-state index contributed by atoms with van der Waals surface area (Å²) >= 11 is 0. The fraction of sp³-hybridized carbons (Fsp3) is 0.423. The summed E-state index contributed by atoms with van der Waals surface area (Å²) in [5.74, 6) is -6.18. The molecule has 4 atom stereocenters. The van der Waals surface area contributed by atoms with Crippen molar-refractivity contribution in [3.63, 3.8) is 0 Å². The maximum atomic E-state index is 13.0. The molecule has 0 bridgehead atoms. The zero-order valence-electron chi connectivity index (χ0n) is 20.6. The molecule has 0 radical (unpaired) electrons. The Hall–Kier alpha value is -4.15. The van der Waals surface area contributed by atoms with Gasteiger partial charge in [-0.15, -0.1) is 0 Å². The summed E-state index contributed by atoms with van der Waals surface area (Å²) in [7, 11) is 1.32. The highest BCUT2D eigenvalue weighted by Gasteiger charge is 2.39. The van der Waals surface area contributed by atoms with Crippen molar-refractivity contribution in [1.82, 2.24) is 10.3 Å². The summed E-state index contributed by atoms with van der Waals surface area (Å²) in [6, 6.07) is 10.5. The lowest BCUT2D eigenvalue weighted by atomic mass is 9.78. The minimum Gasteiger partial charge on any atom is -0.503 e. The number of hydrogen-bond donors (Lipinski definition) is 3. The number of carbonyl (C=O) groups is 4. The van der Waals surface area contributed by atoms with Gasteiger partial charge in [0, 0.05) is 24.7 Å². The number of benzene rings is 1. The van der Waals surface area contributed by atoms with Crippen LogP contribution in [-0.2, 0) is 30.3 Å². The quantitative estimate of drug-likeness (QED) is 0.422. The molecule has 198 valence electrons. The van der Waals surface area contributed by atoms with E-state index >= 15 is 0 Å². The number of pyridine rings is 1. The number of carboxylic acids is 1. The summed E-state index contributed by atoms with van der Waals surface area (Å²) in [5.41, 5.74) is 0.519. The molecule has 3 N–H and O–H groups in total. The Morgan fingerprint density at radius 1 is 1.22 bits per heavy atom. The third-order valence-corrected chi connectivity index (χ3v) is 6.33. The number of aromatic hydroxyl groups is 1. The number of rotatable bonds is 9. The number of esters is 2. The number of hydrogen-bond acceptors (Lipinski definition) is 9. The van der Waals surface area contributed by atoms with Crippen LogP contribution in [0.5, 0.6) is 11.5 Å². The predicted octanol–water partition coefficient (Wildman–Crippen LogP) is 1.97. The van der Waals surface area contributed by atoms with Crippen LogP contribution in [0.3, 0.4) is 0 Å². The van der Waals surface area contributed by atoms with Crippen molar-refractivity contribution in [3.05, 3.63) is 53.9 Å². The highest BCUT2D eigenvalue weighted by molar-refractivity contribution is 5.95. The van der Waals surface area contributed by atoms with Gasteiger partial charge in [-0.05, 0) is 25.3 Å². The van der Waals surface area contributed by atoms with E-state index in [0.29, 0.717) is 0 Å². The lowest BCUT2D eigenvalue weighted by Crippen LogP contribution is -2.40. The number of nitrogens with one attached hydrogen (secondary N) is 1. The number of carbonyl (C=O) groups excluding carboxylic acids is 3. The van der Waals surface area contributed by atoms with Gasteiger partial charge in [-0.3, -0.25) is 19.2 Å². The summed E-state index contributed by atoms with van der Waals surface area (Å²) < 4.78 is 15.8. The second-order valence-electron chi connectivity index (χ2n) is 8.76. The smallest absolute Gasteiger partial charge is 0.309 e. The summed E-state index contributed by atoms with van der Waals surface area (Å²) in [5, 5.41) is 22.6. The molecule has 1 aromatic carbocycles. The molecule has 1 aromatic heterocycles. The van der Waals surface area contributed by atoms with Gasteiger partial charge in [-0.1, -0.05) is 30.3 Å². The average Bonchev–Trinajstić information content (AvgIpc) is 2.91. The standard InChI is InChI=1S/C26H30N2O9/c1-15-18(19(12-16-6-4-3-5-7-16)26(34)36-11-9-21(29)37-15)13-17(25(32)33)14-28-24(31)22-23(30)20(35-2)8-10-27-22/h3-8,10,15,17-19,30H,9,11-14H2,1-2H3,(H,28,31)(H,32,33)/t15-,17?,18-,19+/m0/s1. The lowest BCUT2D eigenvalue weighted by molar-refractivity contribution is -0.155. The number of ether oxygens (including phenoxy) is 3. The maximum absolute atomic E-state index is 13.0. The van der Waals surface area contributed by atoms with Crippen molar-refractivity contribution in [1.29, 1.82) is 0 Å². The molecule has 1 fully saturated rings. The molecule has 2 heterocycles. The largest absolute Gasteiger partial charge is 0.503 e. The first kappa shape index (κ1) is 27.4. The van der Waals surface area contributed by atoms with E-state index in [1.165, 1.54) is 19.4 Å². The second kappa shape index (κ2) is 12.7. The van der Waals surface area contributed by atoms with Crippen molar-refractivity contribution in [2.45, 2.75) is 32.3 Å². The molecule has 1 saturated heterocycles. The highest BCUT2D eigenvalue weighted by Crippen LogP contribution is 2.32. The van der Waals surface area contributed by atoms with Gasteiger partial charge < -0.3 is 29.7 Å². The van der Waals surface area contributed by atoms with Crippen LogP contribution in [0.15, 0.2) is 42.6 Å². The zero-order valence-corrected chi connectivity index (χ0v) is 20.6. The number of nitrogens with zero attached hydrogens (tertiary/aromatic N) is 1. The van der Waals surface area contributed by atoms with Crippen molar-refractivity contribution >= 4 is 23.8 Å². The number of aliphatic carboxylic acids is 1. The number of cyclic esters (lactones) is 2. The fourth-order valence-corrected chi connectivity index (χ4v) is 4.32. The molecule has 2 aromatic rings. The topological polar surface area (TPSA) is 161 Å². The maximum Gasteiger partial charge on any atom is 0.309 e. The first-order valence-corrected chi connectivity index (χ1v) is 11.8. The summed E-state index contributed by atoms with van der Waals surface area (Å²) in [6.45, 7) is 1.17. The lowest BCUT2D eigenvalue weighted by Gasteiger charge is -2.31. The molecule has 11 heteroatoms. The number of carboxylic acid groups (broad SMARTS) is 1. The Morgan fingerprint density at radius 3 is 2.62 bits per heavy atom. The molecular formula is C26H30N2O9. The Kier molecular flexibility index (Phi) is 9.42. The average molecular weight is 515 g/mol. The first-order chi connectivity index (χ1) is 17.7. The van der Waals surface area contributed by atoms with Crippen molar-refractivity contribution in [3.8, 4) is 11.5 Å². The van der Waals surface area contributed by atoms with Crippen LogP contribution in [0.25, 0.3) is 0 Å². The van der Waals surface area contributed by atoms with Gasteiger partial charge in [0.15, 0.2) is 17.2 Å². The minimum atomic E-state index is -1.21. The number of amides is 1.